The molecule has 0 aliphatic carbocycles. The Morgan fingerprint density at radius 3 is 2.85 bits per heavy atom. The highest BCUT2D eigenvalue weighted by atomic mass is 32.1. The number of likely N-dealkylation sites (tertiary alicyclic amines) is 1. The molecule has 1 atom stereocenters. The molecule has 0 saturated carbocycles. The average molecular weight is 373 g/mol. The molecule has 27 heavy (non-hydrogen) atoms. The fraction of sp³-hybridized carbons (Fsp3) is 0.227. The Balaban J connectivity index is 1.56. The first-order valence-corrected chi connectivity index (χ1v) is 10.1. The van der Waals surface area contributed by atoms with E-state index in [0.29, 0.717) is 5.56 Å². The fourth-order valence-electron chi connectivity index (χ4n) is 3.90. The predicted octanol–water partition coefficient (Wildman–Crippen LogP) is 5.21. The Morgan fingerprint density at radius 2 is 1.93 bits per heavy atom. The van der Waals surface area contributed by atoms with Gasteiger partial charge < -0.3 is 4.90 Å². The molecule has 4 aromatic rings. The number of nitrogens with zero attached hydrogens (tertiary/aromatic N) is 3. The van der Waals surface area contributed by atoms with E-state index in [1.807, 2.05) is 53.4 Å². The third kappa shape index (κ3) is 2.88. The van der Waals surface area contributed by atoms with Crippen molar-refractivity contribution in [1.82, 2.24) is 14.9 Å². The van der Waals surface area contributed by atoms with Crippen LogP contribution in [0.4, 0.5) is 0 Å². The van der Waals surface area contributed by atoms with Crippen molar-refractivity contribution < 1.29 is 4.79 Å². The second kappa shape index (κ2) is 6.74. The van der Waals surface area contributed by atoms with E-state index in [9.17, 15) is 4.79 Å². The van der Waals surface area contributed by atoms with Crippen molar-refractivity contribution >= 4 is 38.4 Å². The molecule has 3 heterocycles. The van der Waals surface area contributed by atoms with Crippen LogP contribution in [0.15, 0.2) is 60.8 Å². The van der Waals surface area contributed by atoms with Crippen LogP contribution in [0.3, 0.4) is 0 Å². The van der Waals surface area contributed by atoms with Gasteiger partial charge in [-0.3, -0.25) is 9.78 Å². The highest BCUT2D eigenvalue weighted by Gasteiger charge is 2.31. The van der Waals surface area contributed by atoms with Gasteiger partial charge in [-0.15, -0.1) is 11.3 Å². The maximum atomic E-state index is 13.5. The normalized spacial score (nSPS) is 17.5. The molecule has 1 fully saturated rings. The fourth-order valence-corrected chi connectivity index (χ4v) is 5.01. The van der Waals surface area contributed by atoms with Gasteiger partial charge in [0.25, 0.3) is 5.91 Å². The SMILES string of the molecule is O=C(c1cccc2cccnc12)N1CCCC[C@H]1c1nc2ccccc2s1. The van der Waals surface area contributed by atoms with Crippen molar-refractivity contribution in [3.05, 3.63) is 71.4 Å². The summed E-state index contributed by atoms with van der Waals surface area (Å²) in [4.78, 5) is 24.8. The van der Waals surface area contributed by atoms with Crippen LogP contribution >= 0.6 is 11.3 Å². The number of pyridine rings is 1. The lowest BCUT2D eigenvalue weighted by molar-refractivity contribution is 0.0613. The Morgan fingerprint density at radius 1 is 1.04 bits per heavy atom. The lowest BCUT2D eigenvalue weighted by Gasteiger charge is -2.34. The molecule has 134 valence electrons. The Kier molecular flexibility index (Phi) is 4.09. The number of carbonyl (C=O) groups excluding carboxylic acids is 1. The van der Waals surface area contributed by atoms with Crippen molar-refractivity contribution in [2.75, 3.05) is 6.54 Å². The highest BCUT2D eigenvalue weighted by molar-refractivity contribution is 7.18. The number of amides is 1. The Bertz CT molecular complexity index is 1100. The molecule has 1 aliphatic rings. The summed E-state index contributed by atoms with van der Waals surface area (Å²) in [6.07, 6.45) is 4.87. The van der Waals surface area contributed by atoms with Gasteiger partial charge in [0.05, 0.1) is 27.3 Å². The largest absolute Gasteiger partial charge is 0.329 e. The van der Waals surface area contributed by atoms with Crippen LogP contribution in [0, 0.1) is 0 Å². The van der Waals surface area contributed by atoms with Gasteiger partial charge in [0, 0.05) is 18.1 Å². The Labute approximate surface area is 161 Å². The number of piperidine rings is 1. The molecule has 1 amide bonds. The molecule has 1 aliphatic heterocycles. The summed E-state index contributed by atoms with van der Waals surface area (Å²) in [6.45, 7) is 0.767. The average Bonchev–Trinajstić information content (AvgIpc) is 3.17. The minimum atomic E-state index is 0.0441. The van der Waals surface area contributed by atoms with E-state index in [4.69, 9.17) is 4.98 Å². The zero-order chi connectivity index (χ0) is 18.2. The summed E-state index contributed by atoms with van der Waals surface area (Å²) in [5, 5.41) is 2.04. The molecule has 2 aromatic carbocycles. The van der Waals surface area contributed by atoms with Crippen molar-refractivity contribution in [1.29, 1.82) is 0 Å². The molecular formula is C22H19N3OS. The van der Waals surface area contributed by atoms with Gasteiger partial charge in [0.1, 0.15) is 5.01 Å². The lowest BCUT2D eigenvalue weighted by Crippen LogP contribution is -2.38. The van der Waals surface area contributed by atoms with Crippen LogP contribution in [0.2, 0.25) is 0 Å². The van der Waals surface area contributed by atoms with Crippen molar-refractivity contribution in [3.8, 4) is 0 Å². The smallest absolute Gasteiger partial charge is 0.256 e. The number of hydrogen-bond acceptors (Lipinski definition) is 4. The van der Waals surface area contributed by atoms with E-state index in [2.05, 4.69) is 11.1 Å². The molecule has 0 radical (unpaired) electrons. The predicted molar refractivity (Wildman–Crippen MR) is 109 cm³/mol. The van der Waals surface area contributed by atoms with Crippen molar-refractivity contribution in [2.45, 2.75) is 25.3 Å². The number of fused-ring (bicyclic) bond motifs is 2. The summed E-state index contributed by atoms with van der Waals surface area (Å²) in [5.74, 6) is 0.0586. The molecule has 0 N–H and O–H groups in total. The van der Waals surface area contributed by atoms with E-state index in [1.54, 1.807) is 17.5 Å². The lowest BCUT2D eigenvalue weighted by atomic mass is 10.00. The topological polar surface area (TPSA) is 46.1 Å². The molecule has 0 bridgehead atoms. The van der Waals surface area contributed by atoms with Gasteiger partial charge >= 0.3 is 0 Å². The number of hydrogen-bond donors (Lipinski definition) is 0. The summed E-state index contributed by atoms with van der Waals surface area (Å²) < 4.78 is 1.18. The molecular weight excluding hydrogens is 354 g/mol. The number of benzene rings is 2. The zero-order valence-electron chi connectivity index (χ0n) is 14.8. The maximum absolute atomic E-state index is 13.5. The molecule has 5 heteroatoms. The highest BCUT2D eigenvalue weighted by Crippen LogP contribution is 2.36. The first-order valence-electron chi connectivity index (χ1n) is 9.31. The van der Waals surface area contributed by atoms with E-state index < -0.39 is 0 Å². The minimum absolute atomic E-state index is 0.0441. The summed E-state index contributed by atoms with van der Waals surface area (Å²) in [5.41, 5.74) is 2.47. The molecule has 1 saturated heterocycles. The summed E-state index contributed by atoms with van der Waals surface area (Å²) >= 11 is 1.70. The van der Waals surface area contributed by atoms with E-state index in [1.165, 1.54) is 4.70 Å². The molecule has 5 rings (SSSR count). The van der Waals surface area contributed by atoms with Crippen LogP contribution in [-0.4, -0.2) is 27.3 Å². The molecule has 2 aromatic heterocycles. The van der Waals surface area contributed by atoms with Crippen LogP contribution in [0.25, 0.3) is 21.1 Å². The third-order valence-corrected chi connectivity index (χ3v) is 6.36. The standard InChI is InChI=1S/C22H19N3OS/c26-22(16-9-5-7-15-8-6-13-23-20(15)16)25-14-4-3-11-18(25)21-24-17-10-1-2-12-19(17)27-21/h1-2,5-10,12-13,18H,3-4,11,14H2/t18-/m0/s1. The van der Waals surface area contributed by atoms with Gasteiger partial charge in [-0.1, -0.05) is 30.3 Å². The van der Waals surface area contributed by atoms with Crippen LogP contribution in [0.5, 0.6) is 0 Å². The van der Waals surface area contributed by atoms with E-state index in [-0.39, 0.29) is 11.9 Å². The third-order valence-electron chi connectivity index (χ3n) is 5.22. The van der Waals surface area contributed by atoms with Gasteiger partial charge in [-0.25, -0.2) is 4.98 Å². The number of para-hydroxylation sites is 2. The zero-order valence-corrected chi connectivity index (χ0v) is 15.7. The molecule has 0 spiro atoms. The first kappa shape index (κ1) is 16.4. The monoisotopic (exact) mass is 373 g/mol. The van der Waals surface area contributed by atoms with E-state index in [0.717, 1.165) is 47.2 Å². The van der Waals surface area contributed by atoms with Crippen LogP contribution in [-0.2, 0) is 0 Å². The van der Waals surface area contributed by atoms with E-state index >= 15 is 0 Å². The van der Waals surface area contributed by atoms with Crippen molar-refractivity contribution in [3.63, 3.8) is 0 Å². The van der Waals surface area contributed by atoms with Gasteiger partial charge in [-0.2, -0.15) is 0 Å². The summed E-state index contributed by atoms with van der Waals surface area (Å²) in [7, 11) is 0. The van der Waals surface area contributed by atoms with Crippen molar-refractivity contribution in [2.24, 2.45) is 0 Å². The second-order valence-corrected chi connectivity index (χ2v) is 7.97. The number of carbonyl (C=O) groups is 1. The van der Waals surface area contributed by atoms with Crippen LogP contribution < -0.4 is 0 Å². The number of thiazole rings is 1. The molecule has 0 unspecified atom stereocenters. The summed E-state index contributed by atoms with van der Waals surface area (Å²) in [6, 6.07) is 18.0. The minimum Gasteiger partial charge on any atom is -0.329 e. The Hall–Kier alpha value is -2.79. The van der Waals surface area contributed by atoms with Gasteiger partial charge in [0.2, 0.25) is 0 Å². The number of aromatic nitrogens is 2. The number of rotatable bonds is 2. The second-order valence-electron chi connectivity index (χ2n) is 6.91. The van der Waals surface area contributed by atoms with Gasteiger partial charge in [0.15, 0.2) is 0 Å². The van der Waals surface area contributed by atoms with Gasteiger partial charge in [-0.05, 0) is 43.5 Å². The first-order chi connectivity index (χ1) is 13.3. The van der Waals surface area contributed by atoms with Crippen LogP contribution in [0.1, 0.15) is 40.7 Å². The quantitative estimate of drug-likeness (QED) is 0.484. The maximum Gasteiger partial charge on any atom is 0.256 e. The molecule has 4 nitrogen and oxygen atoms in total.